The van der Waals surface area contributed by atoms with Crippen LogP contribution in [0, 0.1) is 0 Å². The van der Waals surface area contributed by atoms with Crippen LogP contribution in [0.5, 0.6) is 0 Å². The fourth-order valence-electron chi connectivity index (χ4n) is 3.62. The first-order valence-electron chi connectivity index (χ1n) is 8.44. The molecule has 130 valence electrons. The van der Waals surface area contributed by atoms with Gasteiger partial charge in [-0.1, -0.05) is 18.9 Å². The highest BCUT2D eigenvalue weighted by Gasteiger charge is 2.38. The first-order chi connectivity index (χ1) is 12.2. The SMILES string of the molecule is O=C1CN(C(=O)Nc2cccc(-c3nnco3)c2)[C@H]2CCCC[C@@H]2N1. The number of amides is 3. The van der Waals surface area contributed by atoms with E-state index in [1.165, 1.54) is 6.39 Å². The first-order valence-corrected chi connectivity index (χ1v) is 8.44. The van der Waals surface area contributed by atoms with Gasteiger partial charge >= 0.3 is 6.03 Å². The lowest BCUT2D eigenvalue weighted by molar-refractivity contribution is -0.126. The van der Waals surface area contributed by atoms with Gasteiger partial charge in [0.15, 0.2) is 0 Å². The smallest absolute Gasteiger partial charge is 0.322 e. The summed E-state index contributed by atoms with van der Waals surface area (Å²) in [7, 11) is 0. The summed E-state index contributed by atoms with van der Waals surface area (Å²) < 4.78 is 5.18. The maximum atomic E-state index is 12.7. The maximum absolute atomic E-state index is 12.7. The molecule has 4 rings (SSSR count). The number of rotatable bonds is 2. The van der Waals surface area contributed by atoms with Gasteiger partial charge in [-0.3, -0.25) is 4.79 Å². The Morgan fingerprint density at radius 2 is 2.20 bits per heavy atom. The van der Waals surface area contributed by atoms with Crippen molar-refractivity contribution < 1.29 is 14.0 Å². The van der Waals surface area contributed by atoms with Gasteiger partial charge in [-0.2, -0.15) is 0 Å². The molecule has 0 unspecified atom stereocenters. The molecule has 2 aromatic rings. The Bertz CT molecular complexity index is 776. The minimum absolute atomic E-state index is 0.0606. The van der Waals surface area contributed by atoms with Crippen LogP contribution >= 0.6 is 0 Å². The molecule has 2 fully saturated rings. The number of anilines is 1. The van der Waals surface area contributed by atoms with Crippen molar-refractivity contribution in [1.29, 1.82) is 0 Å². The van der Waals surface area contributed by atoms with Gasteiger partial charge in [0.25, 0.3) is 0 Å². The molecule has 0 spiro atoms. The van der Waals surface area contributed by atoms with Crippen molar-refractivity contribution in [3.8, 4) is 11.5 Å². The van der Waals surface area contributed by atoms with Crippen molar-refractivity contribution in [2.75, 3.05) is 11.9 Å². The van der Waals surface area contributed by atoms with E-state index < -0.39 is 0 Å². The van der Waals surface area contributed by atoms with Crippen LogP contribution in [0.3, 0.4) is 0 Å². The molecule has 8 nitrogen and oxygen atoms in total. The third-order valence-corrected chi connectivity index (χ3v) is 4.77. The zero-order valence-electron chi connectivity index (χ0n) is 13.6. The van der Waals surface area contributed by atoms with Crippen molar-refractivity contribution >= 4 is 17.6 Å². The lowest BCUT2D eigenvalue weighted by atomic mass is 9.87. The standard InChI is InChI=1S/C17H19N5O3/c23-15-9-22(14-7-2-1-6-13(14)20-15)17(24)19-12-5-3-4-11(8-12)16-21-18-10-25-16/h3-5,8,10,13-14H,1-2,6-7,9H2,(H,19,24)(H,20,23)/t13-,14-/m0/s1. The molecule has 3 amide bonds. The Morgan fingerprint density at radius 3 is 3.04 bits per heavy atom. The van der Waals surface area contributed by atoms with Gasteiger partial charge in [0.2, 0.25) is 18.2 Å². The van der Waals surface area contributed by atoms with Crippen LogP contribution in [0.2, 0.25) is 0 Å². The maximum Gasteiger partial charge on any atom is 0.322 e. The summed E-state index contributed by atoms with van der Waals surface area (Å²) in [5.41, 5.74) is 1.35. The van der Waals surface area contributed by atoms with E-state index in [0.717, 1.165) is 31.2 Å². The van der Waals surface area contributed by atoms with Crippen molar-refractivity contribution in [3.05, 3.63) is 30.7 Å². The second kappa shape index (κ2) is 6.54. The number of piperazine rings is 1. The number of carbonyl (C=O) groups is 2. The highest BCUT2D eigenvalue weighted by Crippen LogP contribution is 2.27. The number of urea groups is 1. The van der Waals surface area contributed by atoms with E-state index in [1.807, 2.05) is 12.1 Å². The van der Waals surface area contributed by atoms with Gasteiger partial charge in [0, 0.05) is 17.3 Å². The molecule has 25 heavy (non-hydrogen) atoms. The molecule has 1 aliphatic carbocycles. The number of aromatic nitrogens is 2. The summed E-state index contributed by atoms with van der Waals surface area (Å²) in [6.07, 6.45) is 5.26. The Kier molecular flexibility index (Phi) is 4.09. The van der Waals surface area contributed by atoms with Crippen LogP contribution in [0.4, 0.5) is 10.5 Å². The van der Waals surface area contributed by atoms with Crippen LogP contribution in [0.15, 0.2) is 35.1 Å². The summed E-state index contributed by atoms with van der Waals surface area (Å²) in [5, 5.41) is 13.4. The Hall–Kier alpha value is -2.90. The average molecular weight is 341 g/mol. The number of nitrogens with one attached hydrogen (secondary N) is 2. The van der Waals surface area contributed by atoms with E-state index in [9.17, 15) is 9.59 Å². The summed E-state index contributed by atoms with van der Waals surface area (Å²) in [4.78, 5) is 26.3. The summed E-state index contributed by atoms with van der Waals surface area (Å²) in [6.45, 7) is 0.0936. The van der Waals surface area contributed by atoms with Crippen LogP contribution in [0.1, 0.15) is 25.7 Å². The van der Waals surface area contributed by atoms with E-state index in [-0.39, 0.29) is 30.6 Å². The minimum Gasteiger partial charge on any atom is -0.423 e. The molecule has 2 atom stereocenters. The molecule has 2 aliphatic rings. The van der Waals surface area contributed by atoms with Gasteiger partial charge in [0.1, 0.15) is 6.54 Å². The number of benzene rings is 1. The molecule has 0 radical (unpaired) electrons. The topological polar surface area (TPSA) is 100 Å². The molecule has 2 heterocycles. The molecule has 1 aliphatic heterocycles. The molecule has 8 heteroatoms. The lowest BCUT2D eigenvalue weighted by Gasteiger charge is -2.43. The highest BCUT2D eigenvalue weighted by molar-refractivity contribution is 5.94. The van der Waals surface area contributed by atoms with Crippen LogP contribution < -0.4 is 10.6 Å². The fraction of sp³-hybridized carbons (Fsp3) is 0.412. The number of hydrogen-bond donors (Lipinski definition) is 2. The molecule has 1 saturated heterocycles. The second-order valence-electron chi connectivity index (χ2n) is 6.41. The minimum atomic E-state index is -0.255. The molecular weight excluding hydrogens is 322 g/mol. The largest absolute Gasteiger partial charge is 0.423 e. The summed E-state index contributed by atoms with van der Waals surface area (Å²) >= 11 is 0. The third kappa shape index (κ3) is 3.19. The summed E-state index contributed by atoms with van der Waals surface area (Å²) in [5.74, 6) is 0.290. The van der Waals surface area contributed by atoms with E-state index in [4.69, 9.17) is 4.42 Å². The van der Waals surface area contributed by atoms with Crippen molar-refractivity contribution in [1.82, 2.24) is 20.4 Å². The quantitative estimate of drug-likeness (QED) is 0.870. The number of fused-ring (bicyclic) bond motifs is 1. The number of hydrogen-bond acceptors (Lipinski definition) is 5. The second-order valence-corrected chi connectivity index (χ2v) is 6.41. The van der Waals surface area contributed by atoms with Crippen LogP contribution in [-0.4, -0.2) is 45.7 Å². The molecule has 2 N–H and O–H groups in total. The van der Waals surface area contributed by atoms with Gasteiger partial charge in [-0.25, -0.2) is 4.79 Å². The van der Waals surface area contributed by atoms with Gasteiger partial charge in [-0.15, -0.1) is 10.2 Å². The zero-order valence-corrected chi connectivity index (χ0v) is 13.6. The monoisotopic (exact) mass is 341 g/mol. The Labute approximate surface area is 144 Å². The predicted octanol–water partition coefficient (Wildman–Crippen LogP) is 2.01. The first kappa shape index (κ1) is 15.6. The predicted molar refractivity (Wildman–Crippen MR) is 89.6 cm³/mol. The van der Waals surface area contributed by atoms with Crippen molar-refractivity contribution in [2.45, 2.75) is 37.8 Å². The third-order valence-electron chi connectivity index (χ3n) is 4.77. The van der Waals surface area contributed by atoms with Crippen molar-refractivity contribution in [3.63, 3.8) is 0 Å². The fourth-order valence-corrected chi connectivity index (χ4v) is 3.62. The zero-order chi connectivity index (χ0) is 17.2. The van der Waals surface area contributed by atoms with Gasteiger partial charge < -0.3 is 20.0 Å². The molecule has 1 aromatic carbocycles. The normalized spacial score (nSPS) is 22.9. The summed E-state index contributed by atoms with van der Waals surface area (Å²) in [6, 6.07) is 7.06. The number of nitrogens with zero attached hydrogens (tertiary/aromatic N) is 3. The highest BCUT2D eigenvalue weighted by atomic mass is 16.4. The number of carbonyl (C=O) groups excluding carboxylic acids is 2. The van der Waals surface area contributed by atoms with E-state index in [0.29, 0.717) is 11.6 Å². The van der Waals surface area contributed by atoms with E-state index in [2.05, 4.69) is 20.8 Å². The molecule has 0 bridgehead atoms. The molecule has 1 saturated carbocycles. The average Bonchev–Trinajstić information content (AvgIpc) is 3.16. The van der Waals surface area contributed by atoms with Gasteiger partial charge in [0.05, 0.1) is 6.04 Å². The van der Waals surface area contributed by atoms with Crippen molar-refractivity contribution in [2.24, 2.45) is 0 Å². The van der Waals surface area contributed by atoms with Gasteiger partial charge in [-0.05, 0) is 31.0 Å². The van der Waals surface area contributed by atoms with E-state index in [1.54, 1.807) is 17.0 Å². The van der Waals surface area contributed by atoms with Crippen LogP contribution in [-0.2, 0) is 4.79 Å². The molecule has 1 aromatic heterocycles. The lowest BCUT2D eigenvalue weighted by Crippen LogP contribution is -2.63. The Balaban J connectivity index is 1.51. The molecular formula is C17H19N5O3. The van der Waals surface area contributed by atoms with Crippen LogP contribution in [0.25, 0.3) is 11.5 Å². The Morgan fingerprint density at radius 1 is 1.32 bits per heavy atom. The van der Waals surface area contributed by atoms with E-state index >= 15 is 0 Å².